The molecule has 1 heterocycles. The van der Waals surface area contributed by atoms with E-state index in [2.05, 4.69) is 10.6 Å². The molecule has 0 aromatic heterocycles. The molecule has 0 saturated carbocycles. The Morgan fingerprint density at radius 2 is 2.14 bits per heavy atom. The van der Waals surface area contributed by atoms with Crippen molar-refractivity contribution in [2.24, 2.45) is 0 Å². The molecule has 0 saturated heterocycles. The number of fused-ring (bicyclic) bond motifs is 1. The van der Waals surface area contributed by atoms with Gasteiger partial charge in [0, 0.05) is 16.1 Å². The third-order valence-corrected chi connectivity index (χ3v) is 4.20. The van der Waals surface area contributed by atoms with Gasteiger partial charge in [-0.25, -0.2) is 0 Å². The summed E-state index contributed by atoms with van der Waals surface area (Å²) in [6, 6.07) is 13.9. The number of thioether (sulfide) groups is 1. The summed E-state index contributed by atoms with van der Waals surface area (Å²) in [5, 5.41) is 14.4. The number of hydrogen-bond donors (Lipinski definition) is 2. The predicted octanol–water partition coefficient (Wildman–Crippen LogP) is 2.85. The van der Waals surface area contributed by atoms with E-state index in [1.54, 1.807) is 36.4 Å². The first-order chi connectivity index (χ1) is 10.7. The zero-order chi connectivity index (χ0) is 15.5. The van der Waals surface area contributed by atoms with E-state index in [-0.39, 0.29) is 11.8 Å². The zero-order valence-electron chi connectivity index (χ0n) is 11.4. The van der Waals surface area contributed by atoms with Gasteiger partial charge in [-0.3, -0.25) is 9.59 Å². The van der Waals surface area contributed by atoms with Crippen LogP contribution in [0, 0.1) is 11.3 Å². The van der Waals surface area contributed by atoms with Gasteiger partial charge in [0.1, 0.15) is 0 Å². The Kier molecular flexibility index (Phi) is 3.81. The van der Waals surface area contributed by atoms with Crippen LogP contribution in [0.2, 0.25) is 0 Å². The second-order valence-electron chi connectivity index (χ2n) is 4.69. The van der Waals surface area contributed by atoms with E-state index in [4.69, 9.17) is 5.26 Å². The van der Waals surface area contributed by atoms with Gasteiger partial charge in [0.25, 0.3) is 5.91 Å². The van der Waals surface area contributed by atoms with E-state index in [0.29, 0.717) is 28.3 Å². The van der Waals surface area contributed by atoms with E-state index in [0.717, 1.165) is 4.90 Å². The first-order valence-corrected chi connectivity index (χ1v) is 7.52. The lowest BCUT2D eigenvalue weighted by atomic mass is 10.1. The molecule has 22 heavy (non-hydrogen) atoms. The smallest absolute Gasteiger partial charge is 0.255 e. The fourth-order valence-electron chi connectivity index (χ4n) is 2.09. The summed E-state index contributed by atoms with van der Waals surface area (Å²) in [4.78, 5) is 24.6. The highest BCUT2D eigenvalue weighted by molar-refractivity contribution is 8.00. The molecular formula is C16H11N3O2S. The summed E-state index contributed by atoms with van der Waals surface area (Å²) in [7, 11) is 0. The summed E-state index contributed by atoms with van der Waals surface area (Å²) in [5.41, 5.74) is 2.13. The minimum atomic E-state index is -0.289. The van der Waals surface area contributed by atoms with Crippen LogP contribution in [0.1, 0.15) is 15.9 Å². The van der Waals surface area contributed by atoms with Crippen molar-refractivity contribution in [3.63, 3.8) is 0 Å². The lowest BCUT2D eigenvalue weighted by Gasteiger charge is -2.17. The van der Waals surface area contributed by atoms with Crippen LogP contribution >= 0.6 is 11.8 Å². The van der Waals surface area contributed by atoms with Crippen LogP contribution in [-0.4, -0.2) is 17.6 Å². The van der Waals surface area contributed by atoms with Gasteiger partial charge >= 0.3 is 0 Å². The van der Waals surface area contributed by atoms with Crippen molar-refractivity contribution >= 4 is 35.0 Å². The maximum absolute atomic E-state index is 12.3. The molecular weight excluding hydrogens is 298 g/mol. The molecule has 0 unspecified atom stereocenters. The van der Waals surface area contributed by atoms with Crippen LogP contribution in [0.15, 0.2) is 47.4 Å². The Balaban J connectivity index is 1.82. The molecule has 2 N–H and O–H groups in total. The molecule has 0 atom stereocenters. The fourth-order valence-corrected chi connectivity index (χ4v) is 2.88. The topological polar surface area (TPSA) is 82.0 Å². The maximum atomic E-state index is 12.3. The van der Waals surface area contributed by atoms with Crippen LogP contribution in [0.3, 0.4) is 0 Å². The molecule has 0 fully saturated rings. The third-order valence-electron chi connectivity index (χ3n) is 3.12. The van der Waals surface area contributed by atoms with Crippen LogP contribution in [-0.2, 0) is 4.79 Å². The quantitative estimate of drug-likeness (QED) is 0.893. The molecule has 2 aromatic rings. The number of nitriles is 1. The summed E-state index contributed by atoms with van der Waals surface area (Å²) in [6.07, 6.45) is 0. The highest BCUT2D eigenvalue weighted by Crippen LogP contribution is 2.32. The Morgan fingerprint density at radius 1 is 1.27 bits per heavy atom. The standard InChI is InChI=1S/C16H11N3O2S/c17-8-10-2-1-3-12(6-10)18-16(21)11-4-5-14-13(7-11)19-15(20)9-22-14/h1-7H,9H2,(H,18,21)(H,19,20). The van der Waals surface area contributed by atoms with E-state index in [9.17, 15) is 9.59 Å². The highest BCUT2D eigenvalue weighted by Gasteiger charge is 2.17. The summed E-state index contributed by atoms with van der Waals surface area (Å²) in [5.74, 6) is 0.0268. The number of nitrogens with zero attached hydrogens (tertiary/aromatic N) is 1. The monoisotopic (exact) mass is 309 g/mol. The molecule has 0 spiro atoms. The number of anilines is 2. The zero-order valence-corrected chi connectivity index (χ0v) is 12.2. The van der Waals surface area contributed by atoms with Crippen LogP contribution < -0.4 is 10.6 Å². The van der Waals surface area contributed by atoms with E-state index >= 15 is 0 Å². The Hall–Kier alpha value is -2.78. The third kappa shape index (κ3) is 2.95. The predicted molar refractivity (Wildman–Crippen MR) is 84.9 cm³/mol. The molecule has 5 nitrogen and oxygen atoms in total. The Labute approximate surface area is 131 Å². The average Bonchev–Trinajstić information content (AvgIpc) is 2.54. The van der Waals surface area contributed by atoms with Crippen molar-refractivity contribution in [1.29, 1.82) is 5.26 Å². The molecule has 0 bridgehead atoms. The SMILES string of the molecule is N#Cc1cccc(NC(=O)c2ccc3c(c2)NC(=O)CS3)c1. The number of rotatable bonds is 2. The molecule has 1 aliphatic heterocycles. The largest absolute Gasteiger partial charge is 0.324 e. The molecule has 108 valence electrons. The number of nitrogens with one attached hydrogen (secondary N) is 2. The molecule has 0 radical (unpaired) electrons. The minimum absolute atomic E-state index is 0.0724. The van der Waals surface area contributed by atoms with Gasteiger partial charge < -0.3 is 10.6 Å². The average molecular weight is 309 g/mol. The Bertz CT molecular complexity index is 811. The fraction of sp³-hybridized carbons (Fsp3) is 0.0625. The van der Waals surface area contributed by atoms with Gasteiger partial charge in [0.05, 0.1) is 23.1 Å². The maximum Gasteiger partial charge on any atom is 0.255 e. The summed E-state index contributed by atoms with van der Waals surface area (Å²) in [6.45, 7) is 0. The normalized spacial score (nSPS) is 12.8. The number of hydrogen-bond acceptors (Lipinski definition) is 4. The molecule has 1 aliphatic rings. The molecule has 2 aromatic carbocycles. The number of benzene rings is 2. The summed E-state index contributed by atoms with van der Waals surface area (Å²) >= 11 is 1.45. The lowest BCUT2D eigenvalue weighted by Crippen LogP contribution is -2.19. The molecule has 2 amide bonds. The number of carbonyl (C=O) groups excluding carboxylic acids is 2. The van der Waals surface area contributed by atoms with Crippen molar-refractivity contribution in [2.45, 2.75) is 4.90 Å². The van der Waals surface area contributed by atoms with Gasteiger partial charge in [-0.1, -0.05) is 6.07 Å². The van der Waals surface area contributed by atoms with Crippen molar-refractivity contribution in [1.82, 2.24) is 0 Å². The van der Waals surface area contributed by atoms with Crippen molar-refractivity contribution in [3.05, 3.63) is 53.6 Å². The van der Waals surface area contributed by atoms with Crippen LogP contribution in [0.4, 0.5) is 11.4 Å². The van der Waals surface area contributed by atoms with Gasteiger partial charge in [-0.2, -0.15) is 5.26 Å². The summed E-state index contributed by atoms with van der Waals surface area (Å²) < 4.78 is 0. The first kappa shape index (κ1) is 14.2. The lowest BCUT2D eigenvalue weighted by molar-refractivity contribution is -0.113. The van der Waals surface area contributed by atoms with E-state index in [1.807, 2.05) is 12.1 Å². The Morgan fingerprint density at radius 3 is 2.95 bits per heavy atom. The van der Waals surface area contributed by atoms with Crippen LogP contribution in [0.25, 0.3) is 0 Å². The van der Waals surface area contributed by atoms with E-state index in [1.165, 1.54) is 11.8 Å². The molecule has 3 rings (SSSR count). The van der Waals surface area contributed by atoms with Gasteiger partial charge in [0.2, 0.25) is 5.91 Å². The first-order valence-electron chi connectivity index (χ1n) is 6.54. The van der Waals surface area contributed by atoms with Crippen molar-refractivity contribution < 1.29 is 9.59 Å². The molecule has 6 heteroatoms. The van der Waals surface area contributed by atoms with Crippen molar-refractivity contribution in [3.8, 4) is 6.07 Å². The van der Waals surface area contributed by atoms with Crippen LogP contribution in [0.5, 0.6) is 0 Å². The highest BCUT2D eigenvalue weighted by atomic mass is 32.2. The number of carbonyl (C=O) groups is 2. The second kappa shape index (κ2) is 5.92. The van der Waals surface area contributed by atoms with E-state index < -0.39 is 0 Å². The second-order valence-corrected chi connectivity index (χ2v) is 5.71. The van der Waals surface area contributed by atoms with Gasteiger partial charge in [0.15, 0.2) is 0 Å². The van der Waals surface area contributed by atoms with Crippen molar-refractivity contribution in [2.75, 3.05) is 16.4 Å². The van der Waals surface area contributed by atoms with Gasteiger partial charge in [-0.15, -0.1) is 11.8 Å². The van der Waals surface area contributed by atoms with Gasteiger partial charge in [-0.05, 0) is 36.4 Å². The molecule has 0 aliphatic carbocycles. The number of amides is 2. The minimum Gasteiger partial charge on any atom is -0.324 e.